The molecule has 1 aliphatic rings. The van der Waals surface area contributed by atoms with E-state index in [1.807, 2.05) is 67.6 Å². The molecule has 0 saturated carbocycles. The lowest BCUT2D eigenvalue weighted by atomic mass is 9.96. The Balaban J connectivity index is 1.45. The molecule has 232 valence electrons. The maximum Gasteiger partial charge on any atom is 0.338 e. The van der Waals surface area contributed by atoms with Crippen LogP contribution in [0.2, 0.25) is 0 Å². The summed E-state index contributed by atoms with van der Waals surface area (Å²) >= 11 is 1.26. The molecule has 2 heterocycles. The van der Waals surface area contributed by atoms with E-state index >= 15 is 0 Å². The molecule has 1 aliphatic heterocycles. The molecule has 9 nitrogen and oxygen atoms in total. The van der Waals surface area contributed by atoms with Crippen LogP contribution in [-0.2, 0) is 20.9 Å². The normalized spacial score (nSPS) is 14.4. The molecule has 4 aromatic rings. The molecule has 1 atom stereocenters. The first-order chi connectivity index (χ1) is 21.8. The van der Waals surface area contributed by atoms with Crippen LogP contribution in [0.15, 0.2) is 93.9 Å². The molecule has 45 heavy (non-hydrogen) atoms. The highest BCUT2D eigenvalue weighted by atomic mass is 32.1. The Kier molecular flexibility index (Phi) is 9.94. The number of nitrogens with zero attached hydrogens (tertiary/aromatic N) is 2. The molecule has 0 bridgehead atoms. The standard InChI is InChI=1S/C35H34N2O7S/c1-5-41-27-17-15-25(16-18-27)31-30(34(40)43-7-3)22(4)36-35-37(31)32(38)29(45-35)20-24-9-8-10-28(19-24)44-21-23-11-13-26(14-12-23)33(39)42-6-2/h8-20,31H,5-7,21H2,1-4H3/b29-20-/t31-/m0/s1. The lowest BCUT2D eigenvalue weighted by Crippen LogP contribution is -2.39. The molecular formula is C35H34N2O7S. The van der Waals surface area contributed by atoms with E-state index in [1.165, 1.54) is 11.3 Å². The molecule has 5 rings (SSSR count). The number of fused-ring (bicyclic) bond motifs is 1. The molecule has 0 radical (unpaired) electrons. The summed E-state index contributed by atoms with van der Waals surface area (Å²) in [6, 6.07) is 21.2. The molecular weight excluding hydrogens is 592 g/mol. The number of carbonyl (C=O) groups excluding carboxylic acids is 2. The van der Waals surface area contributed by atoms with Crippen LogP contribution < -0.4 is 24.4 Å². The van der Waals surface area contributed by atoms with Crippen molar-refractivity contribution in [2.45, 2.75) is 40.3 Å². The zero-order valence-electron chi connectivity index (χ0n) is 25.6. The van der Waals surface area contributed by atoms with Crippen molar-refractivity contribution in [3.63, 3.8) is 0 Å². The molecule has 0 unspecified atom stereocenters. The highest BCUT2D eigenvalue weighted by Crippen LogP contribution is 2.31. The highest BCUT2D eigenvalue weighted by molar-refractivity contribution is 7.07. The first-order valence-electron chi connectivity index (χ1n) is 14.7. The molecule has 0 N–H and O–H groups in total. The maximum atomic E-state index is 13.9. The van der Waals surface area contributed by atoms with Gasteiger partial charge in [0.25, 0.3) is 5.56 Å². The van der Waals surface area contributed by atoms with Crippen molar-refractivity contribution in [1.29, 1.82) is 0 Å². The van der Waals surface area contributed by atoms with Gasteiger partial charge < -0.3 is 18.9 Å². The zero-order valence-corrected chi connectivity index (χ0v) is 26.4. The van der Waals surface area contributed by atoms with Crippen molar-refractivity contribution in [2.75, 3.05) is 19.8 Å². The molecule has 3 aromatic carbocycles. The van der Waals surface area contributed by atoms with Gasteiger partial charge in [0.2, 0.25) is 0 Å². The lowest BCUT2D eigenvalue weighted by molar-refractivity contribution is -0.139. The van der Waals surface area contributed by atoms with Gasteiger partial charge in [-0.2, -0.15) is 0 Å². The van der Waals surface area contributed by atoms with E-state index < -0.39 is 12.0 Å². The van der Waals surface area contributed by atoms with Crippen molar-refractivity contribution < 1.29 is 28.5 Å². The van der Waals surface area contributed by atoms with Gasteiger partial charge in [0, 0.05) is 0 Å². The second-order valence-electron chi connectivity index (χ2n) is 10.1. The monoisotopic (exact) mass is 626 g/mol. The van der Waals surface area contributed by atoms with Crippen LogP contribution in [0.4, 0.5) is 0 Å². The van der Waals surface area contributed by atoms with Gasteiger partial charge in [-0.05, 0) is 86.9 Å². The van der Waals surface area contributed by atoms with Crippen LogP contribution in [0.1, 0.15) is 60.8 Å². The number of benzene rings is 3. The van der Waals surface area contributed by atoms with Crippen molar-refractivity contribution >= 4 is 29.4 Å². The third-order valence-electron chi connectivity index (χ3n) is 7.05. The fourth-order valence-corrected chi connectivity index (χ4v) is 6.03. The average Bonchev–Trinajstić information content (AvgIpc) is 3.34. The van der Waals surface area contributed by atoms with E-state index in [0.717, 1.165) is 16.7 Å². The van der Waals surface area contributed by atoms with Crippen molar-refractivity contribution in [3.05, 3.63) is 126 Å². The van der Waals surface area contributed by atoms with Gasteiger partial charge in [-0.15, -0.1) is 0 Å². The Morgan fingerprint density at radius 1 is 0.867 bits per heavy atom. The summed E-state index contributed by atoms with van der Waals surface area (Å²) in [4.78, 5) is 44.1. The van der Waals surface area contributed by atoms with Gasteiger partial charge in [-0.25, -0.2) is 14.6 Å². The van der Waals surface area contributed by atoms with Crippen LogP contribution in [0, 0.1) is 0 Å². The van der Waals surface area contributed by atoms with E-state index in [9.17, 15) is 14.4 Å². The first-order valence-corrected chi connectivity index (χ1v) is 15.6. The largest absolute Gasteiger partial charge is 0.494 e. The number of carbonyl (C=O) groups is 2. The number of ether oxygens (including phenoxy) is 4. The molecule has 0 spiro atoms. The van der Waals surface area contributed by atoms with Gasteiger partial charge in [0.1, 0.15) is 18.1 Å². The fourth-order valence-electron chi connectivity index (χ4n) is 4.98. The predicted molar refractivity (Wildman–Crippen MR) is 171 cm³/mol. The SMILES string of the molecule is CCOC(=O)C1=C(C)N=c2s/c(=C\c3cccc(OCc4ccc(C(=O)OCC)cc4)c3)c(=O)n2[C@H]1c1ccc(OCC)cc1. The molecule has 0 fully saturated rings. The lowest BCUT2D eigenvalue weighted by Gasteiger charge is -2.24. The van der Waals surface area contributed by atoms with Gasteiger partial charge in [-0.1, -0.05) is 47.7 Å². The summed E-state index contributed by atoms with van der Waals surface area (Å²) in [5, 5.41) is 0. The highest BCUT2D eigenvalue weighted by Gasteiger charge is 2.33. The van der Waals surface area contributed by atoms with Crippen LogP contribution in [0.5, 0.6) is 11.5 Å². The van der Waals surface area contributed by atoms with E-state index in [0.29, 0.717) is 57.5 Å². The summed E-state index contributed by atoms with van der Waals surface area (Å²) in [5.41, 5.74) is 3.46. The predicted octanol–water partition coefficient (Wildman–Crippen LogP) is 4.95. The average molecular weight is 627 g/mol. The smallest absolute Gasteiger partial charge is 0.338 e. The molecule has 0 amide bonds. The number of rotatable bonds is 11. The van der Waals surface area contributed by atoms with Crippen LogP contribution in [-0.4, -0.2) is 36.3 Å². The summed E-state index contributed by atoms with van der Waals surface area (Å²) in [6.07, 6.45) is 1.80. The Hall–Kier alpha value is -4.96. The van der Waals surface area contributed by atoms with Crippen LogP contribution in [0.25, 0.3) is 6.08 Å². The number of hydrogen-bond donors (Lipinski definition) is 0. The molecule has 0 saturated heterocycles. The third-order valence-corrected chi connectivity index (χ3v) is 8.03. The molecule has 10 heteroatoms. The minimum absolute atomic E-state index is 0.202. The van der Waals surface area contributed by atoms with Gasteiger partial charge in [0.15, 0.2) is 4.80 Å². The second kappa shape index (κ2) is 14.2. The zero-order chi connectivity index (χ0) is 31.9. The van der Waals surface area contributed by atoms with Crippen molar-refractivity contribution in [1.82, 2.24) is 4.57 Å². The van der Waals surface area contributed by atoms with Crippen LogP contribution >= 0.6 is 11.3 Å². The number of aromatic nitrogens is 1. The van der Waals surface area contributed by atoms with Crippen molar-refractivity contribution in [3.8, 4) is 11.5 Å². The summed E-state index contributed by atoms with van der Waals surface area (Å²) in [6.45, 7) is 8.53. The molecule has 1 aromatic heterocycles. The summed E-state index contributed by atoms with van der Waals surface area (Å²) < 4.78 is 24.1. The quantitative estimate of drug-likeness (QED) is 0.217. The molecule has 0 aliphatic carbocycles. The minimum atomic E-state index is -0.706. The Labute approximate surface area is 264 Å². The summed E-state index contributed by atoms with van der Waals surface area (Å²) in [7, 11) is 0. The Morgan fingerprint density at radius 2 is 1.58 bits per heavy atom. The summed E-state index contributed by atoms with van der Waals surface area (Å²) in [5.74, 6) is 0.454. The minimum Gasteiger partial charge on any atom is -0.494 e. The van der Waals surface area contributed by atoms with E-state index in [-0.39, 0.29) is 18.1 Å². The van der Waals surface area contributed by atoms with Gasteiger partial charge >= 0.3 is 11.9 Å². The fraction of sp³-hybridized carbons (Fsp3) is 0.257. The van der Waals surface area contributed by atoms with Crippen LogP contribution in [0.3, 0.4) is 0 Å². The van der Waals surface area contributed by atoms with Gasteiger partial charge in [-0.3, -0.25) is 9.36 Å². The number of allylic oxidation sites excluding steroid dienone is 1. The number of hydrogen-bond acceptors (Lipinski definition) is 9. The number of thiazole rings is 1. The Morgan fingerprint density at radius 3 is 2.27 bits per heavy atom. The second-order valence-corrected chi connectivity index (χ2v) is 11.1. The van der Waals surface area contributed by atoms with Gasteiger partial charge in [0.05, 0.1) is 47.2 Å². The van der Waals surface area contributed by atoms with E-state index in [4.69, 9.17) is 18.9 Å². The Bertz CT molecular complexity index is 1900. The number of esters is 2. The topological polar surface area (TPSA) is 105 Å². The first kappa shape index (κ1) is 31.5. The van der Waals surface area contributed by atoms with E-state index in [1.54, 1.807) is 43.5 Å². The van der Waals surface area contributed by atoms with Crippen molar-refractivity contribution in [2.24, 2.45) is 4.99 Å². The third kappa shape index (κ3) is 7.07. The maximum absolute atomic E-state index is 13.9. The van der Waals surface area contributed by atoms with E-state index in [2.05, 4.69) is 4.99 Å².